The van der Waals surface area contributed by atoms with Crippen LogP contribution in [0.1, 0.15) is 11.1 Å². The van der Waals surface area contributed by atoms with Crippen molar-refractivity contribution in [3.63, 3.8) is 0 Å². The average Bonchev–Trinajstić information content (AvgIpc) is 2.33. The topological polar surface area (TPSA) is 29.1 Å². The summed E-state index contributed by atoms with van der Waals surface area (Å²) in [5.74, 6) is 0. The summed E-state index contributed by atoms with van der Waals surface area (Å²) in [7, 11) is -1.20. The lowest BCUT2D eigenvalue weighted by Crippen LogP contribution is -2.04. The van der Waals surface area contributed by atoms with E-state index < -0.39 is 11.0 Å². The fraction of sp³-hybridized carbons (Fsp3) is 0.143. The third-order valence-electron chi connectivity index (χ3n) is 2.50. The molecule has 88 valence electrons. The Hall–Kier alpha value is -1.61. The van der Waals surface area contributed by atoms with Crippen LogP contribution in [0.25, 0.3) is 0 Å². The minimum atomic E-state index is -1.20. The van der Waals surface area contributed by atoms with Gasteiger partial charge in [0, 0.05) is 5.69 Å². The Morgan fingerprint density at radius 2 is 1.29 bits per heavy atom. The van der Waals surface area contributed by atoms with E-state index in [1.54, 1.807) is 0 Å². The molecule has 0 amide bonds. The molecule has 0 heterocycles. The normalized spacial score (nSPS) is 12.1. The summed E-state index contributed by atoms with van der Waals surface area (Å²) >= 11 is 0. The molecule has 2 nitrogen and oxygen atoms in total. The first kappa shape index (κ1) is 11.9. The zero-order chi connectivity index (χ0) is 12.3. The predicted octanol–water partition coefficient (Wildman–Crippen LogP) is 3.44. The molecular formula is C14H15NOS. The van der Waals surface area contributed by atoms with Crippen LogP contribution in [0.5, 0.6) is 0 Å². The van der Waals surface area contributed by atoms with Crippen molar-refractivity contribution < 1.29 is 4.21 Å². The van der Waals surface area contributed by atoms with Gasteiger partial charge in [0.15, 0.2) is 0 Å². The van der Waals surface area contributed by atoms with Gasteiger partial charge in [-0.25, -0.2) is 4.21 Å². The molecule has 0 saturated carbocycles. The molecule has 0 radical (unpaired) electrons. The van der Waals surface area contributed by atoms with Gasteiger partial charge in [-0.2, -0.15) is 0 Å². The van der Waals surface area contributed by atoms with Crippen molar-refractivity contribution in [3.8, 4) is 0 Å². The fourth-order valence-electron chi connectivity index (χ4n) is 1.45. The Morgan fingerprint density at radius 3 is 1.82 bits per heavy atom. The summed E-state index contributed by atoms with van der Waals surface area (Å²) < 4.78 is 15.0. The van der Waals surface area contributed by atoms with Gasteiger partial charge in [-0.05, 0) is 38.1 Å². The highest BCUT2D eigenvalue weighted by molar-refractivity contribution is 7.86. The Kier molecular flexibility index (Phi) is 3.59. The summed E-state index contributed by atoms with van der Waals surface area (Å²) in [6.07, 6.45) is 0. The molecule has 0 saturated heterocycles. The highest BCUT2D eigenvalue weighted by atomic mass is 32.2. The van der Waals surface area contributed by atoms with Gasteiger partial charge >= 0.3 is 0 Å². The van der Waals surface area contributed by atoms with Crippen molar-refractivity contribution in [2.45, 2.75) is 18.7 Å². The molecule has 0 fully saturated rings. The van der Waals surface area contributed by atoms with Crippen molar-refractivity contribution in [2.75, 3.05) is 4.72 Å². The highest BCUT2D eigenvalue weighted by Gasteiger charge is 2.03. The van der Waals surface area contributed by atoms with Crippen LogP contribution in [-0.2, 0) is 11.0 Å². The minimum absolute atomic E-state index is 0.788. The summed E-state index contributed by atoms with van der Waals surface area (Å²) in [6.45, 7) is 4.04. The number of nitrogens with one attached hydrogen (secondary N) is 1. The van der Waals surface area contributed by atoms with E-state index in [0.29, 0.717) is 0 Å². The molecule has 0 unspecified atom stereocenters. The molecule has 3 heteroatoms. The van der Waals surface area contributed by atoms with Crippen LogP contribution in [0.4, 0.5) is 5.69 Å². The lowest BCUT2D eigenvalue weighted by Gasteiger charge is -2.06. The maximum Gasteiger partial charge on any atom is 0.150 e. The molecule has 2 rings (SSSR count). The maximum atomic E-state index is 12.0. The Labute approximate surface area is 104 Å². The Balaban J connectivity index is 2.11. The quantitative estimate of drug-likeness (QED) is 0.881. The van der Waals surface area contributed by atoms with E-state index in [1.807, 2.05) is 62.4 Å². The van der Waals surface area contributed by atoms with Gasteiger partial charge in [-0.3, -0.25) is 0 Å². The first-order valence-corrected chi connectivity index (χ1v) is 6.62. The van der Waals surface area contributed by atoms with E-state index in [1.165, 1.54) is 11.1 Å². The van der Waals surface area contributed by atoms with Crippen molar-refractivity contribution in [1.82, 2.24) is 0 Å². The molecule has 0 aliphatic rings. The van der Waals surface area contributed by atoms with E-state index in [0.717, 1.165) is 10.6 Å². The zero-order valence-corrected chi connectivity index (χ0v) is 10.8. The zero-order valence-electron chi connectivity index (χ0n) is 9.94. The Morgan fingerprint density at radius 1 is 0.824 bits per heavy atom. The molecule has 1 atom stereocenters. The van der Waals surface area contributed by atoms with Crippen LogP contribution in [-0.4, -0.2) is 4.21 Å². The number of hydrogen-bond donors (Lipinski definition) is 1. The monoisotopic (exact) mass is 245 g/mol. The molecule has 17 heavy (non-hydrogen) atoms. The molecule has 0 bridgehead atoms. The van der Waals surface area contributed by atoms with E-state index in [2.05, 4.69) is 4.72 Å². The van der Waals surface area contributed by atoms with Crippen LogP contribution in [0.3, 0.4) is 0 Å². The van der Waals surface area contributed by atoms with Crippen LogP contribution in [0.15, 0.2) is 53.4 Å². The average molecular weight is 245 g/mol. The second-order valence-corrected chi connectivity index (χ2v) is 5.26. The number of aryl methyl sites for hydroxylation is 2. The fourth-order valence-corrected chi connectivity index (χ4v) is 2.30. The highest BCUT2D eigenvalue weighted by Crippen LogP contribution is 2.14. The van der Waals surface area contributed by atoms with Gasteiger partial charge in [-0.15, -0.1) is 0 Å². The smallest absolute Gasteiger partial charge is 0.150 e. The van der Waals surface area contributed by atoms with Crippen molar-refractivity contribution in [1.29, 1.82) is 0 Å². The molecule has 1 N–H and O–H groups in total. The van der Waals surface area contributed by atoms with Gasteiger partial charge in [0.1, 0.15) is 11.0 Å². The van der Waals surface area contributed by atoms with E-state index in [4.69, 9.17) is 0 Å². The molecule has 0 spiro atoms. The van der Waals surface area contributed by atoms with Crippen molar-refractivity contribution >= 4 is 16.7 Å². The molecule has 0 aliphatic heterocycles. The van der Waals surface area contributed by atoms with Gasteiger partial charge in [0.25, 0.3) is 0 Å². The standard InChI is InChI=1S/C14H15NOS/c1-11-3-7-13(8-4-11)15-17(16)14-9-5-12(2)6-10-14/h3-10,15H,1-2H3/t17-/m1/s1. The number of rotatable bonds is 3. The molecule has 2 aromatic rings. The summed E-state index contributed by atoms with van der Waals surface area (Å²) in [5.41, 5.74) is 3.23. The first-order chi connectivity index (χ1) is 8.15. The van der Waals surface area contributed by atoms with Crippen LogP contribution >= 0.6 is 0 Å². The third kappa shape index (κ3) is 3.17. The number of anilines is 1. The molecule has 0 aromatic heterocycles. The van der Waals surface area contributed by atoms with E-state index >= 15 is 0 Å². The van der Waals surface area contributed by atoms with Gasteiger partial charge in [-0.1, -0.05) is 35.4 Å². The van der Waals surface area contributed by atoms with Gasteiger partial charge in [0.05, 0.1) is 4.90 Å². The lowest BCUT2D eigenvalue weighted by atomic mass is 10.2. The summed E-state index contributed by atoms with van der Waals surface area (Å²) in [5, 5.41) is 0. The van der Waals surface area contributed by atoms with E-state index in [-0.39, 0.29) is 0 Å². The lowest BCUT2D eigenvalue weighted by molar-refractivity contribution is 0.686. The Bertz CT molecular complexity index is 517. The third-order valence-corrected chi connectivity index (χ3v) is 3.62. The SMILES string of the molecule is Cc1ccc(N[S@](=O)c2ccc(C)cc2)cc1. The predicted molar refractivity (Wildman–Crippen MR) is 72.4 cm³/mol. The molecular weight excluding hydrogens is 230 g/mol. The van der Waals surface area contributed by atoms with Crippen LogP contribution in [0.2, 0.25) is 0 Å². The summed E-state index contributed by atoms with van der Waals surface area (Å²) in [4.78, 5) is 0.788. The van der Waals surface area contributed by atoms with Crippen molar-refractivity contribution in [2.24, 2.45) is 0 Å². The number of benzene rings is 2. The first-order valence-electron chi connectivity index (χ1n) is 5.47. The van der Waals surface area contributed by atoms with Crippen molar-refractivity contribution in [3.05, 3.63) is 59.7 Å². The summed E-state index contributed by atoms with van der Waals surface area (Å²) in [6, 6.07) is 15.5. The minimum Gasteiger partial charge on any atom is -0.301 e. The van der Waals surface area contributed by atoms with Gasteiger partial charge < -0.3 is 4.72 Å². The largest absolute Gasteiger partial charge is 0.301 e. The molecule has 2 aromatic carbocycles. The maximum absolute atomic E-state index is 12.0. The van der Waals surface area contributed by atoms with Crippen LogP contribution < -0.4 is 4.72 Å². The number of hydrogen-bond acceptors (Lipinski definition) is 1. The second kappa shape index (κ2) is 5.15. The molecule has 0 aliphatic carbocycles. The van der Waals surface area contributed by atoms with Gasteiger partial charge in [0.2, 0.25) is 0 Å². The second-order valence-electron chi connectivity index (χ2n) is 4.05. The van der Waals surface area contributed by atoms with E-state index in [9.17, 15) is 4.21 Å². The van der Waals surface area contributed by atoms with Crippen LogP contribution in [0, 0.1) is 13.8 Å².